The highest BCUT2D eigenvalue weighted by Gasteiger charge is 2.14. The number of benzene rings is 2. The maximum absolute atomic E-state index is 5.85. The summed E-state index contributed by atoms with van der Waals surface area (Å²) in [5, 5.41) is 3.49. The van der Waals surface area contributed by atoms with Gasteiger partial charge in [0.15, 0.2) is 11.5 Å². The van der Waals surface area contributed by atoms with Gasteiger partial charge in [0.25, 0.3) is 0 Å². The molecule has 0 unspecified atom stereocenters. The number of hydrogen-bond donors (Lipinski definition) is 1. The van der Waals surface area contributed by atoms with Gasteiger partial charge in [0.1, 0.15) is 0 Å². The van der Waals surface area contributed by atoms with Crippen LogP contribution in [0.15, 0.2) is 36.4 Å². The first-order chi connectivity index (χ1) is 10.2. The van der Waals surface area contributed by atoms with Gasteiger partial charge in [-0.25, -0.2) is 0 Å². The van der Waals surface area contributed by atoms with E-state index in [0.717, 1.165) is 42.3 Å². The summed E-state index contributed by atoms with van der Waals surface area (Å²) < 4.78 is 12.8. The molecule has 0 saturated heterocycles. The molecule has 3 nitrogen and oxygen atoms in total. The zero-order valence-electron chi connectivity index (χ0n) is 12.0. The van der Waals surface area contributed by atoms with Crippen LogP contribution < -0.4 is 14.8 Å². The van der Waals surface area contributed by atoms with Crippen LogP contribution in [0.2, 0.25) is 0 Å². The molecule has 4 heteroatoms. The number of fused-ring (bicyclic) bond motifs is 1. The molecule has 0 saturated carbocycles. The molecule has 0 fully saturated rings. The highest BCUT2D eigenvalue weighted by atomic mass is 127. The Morgan fingerprint density at radius 3 is 2.86 bits per heavy atom. The van der Waals surface area contributed by atoms with Gasteiger partial charge in [-0.15, -0.1) is 0 Å². The van der Waals surface area contributed by atoms with E-state index < -0.39 is 0 Å². The molecule has 1 aliphatic heterocycles. The van der Waals surface area contributed by atoms with Gasteiger partial charge < -0.3 is 14.8 Å². The van der Waals surface area contributed by atoms with Crippen LogP contribution >= 0.6 is 22.6 Å². The summed E-state index contributed by atoms with van der Waals surface area (Å²) in [7, 11) is 0. The lowest BCUT2D eigenvalue weighted by molar-refractivity contribution is 0.296. The molecule has 0 amide bonds. The maximum atomic E-state index is 5.85. The Bertz CT molecular complexity index is 643. The lowest BCUT2D eigenvalue weighted by atomic mass is 10.1. The predicted molar refractivity (Wildman–Crippen MR) is 93.3 cm³/mol. The van der Waals surface area contributed by atoms with Gasteiger partial charge in [-0.05, 0) is 59.3 Å². The van der Waals surface area contributed by atoms with Gasteiger partial charge in [0, 0.05) is 27.8 Å². The first-order valence-corrected chi connectivity index (χ1v) is 8.19. The summed E-state index contributed by atoms with van der Waals surface area (Å²) in [5.74, 6) is 1.73. The van der Waals surface area contributed by atoms with Gasteiger partial charge in [0.05, 0.1) is 13.2 Å². The first kappa shape index (κ1) is 14.5. The van der Waals surface area contributed by atoms with Crippen molar-refractivity contribution in [3.05, 3.63) is 51.1 Å². The van der Waals surface area contributed by atoms with Crippen LogP contribution in [0, 0.1) is 10.5 Å². The van der Waals surface area contributed by atoms with Crippen LogP contribution in [0.25, 0.3) is 0 Å². The van der Waals surface area contributed by atoms with E-state index in [1.54, 1.807) is 0 Å². The Kier molecular flexibility index (Phi) is 4.53. The van der Waals surface area contributed by atoms with Crippen molar-refractivity contribution in [2.45, 2.75) is 19.9 Å². The highest BCUT2D eigenvalue weighted by Crippen LogP contribution is 2.33. The van der Waals surface area contributed by atoms with Crippen molar-refractivity contribution in [2.75, 3.05) is 18.5 Å². The number of rotatable bonds is 3. The molecule has 1 N–H and O–H groups in total. The van der Waals surface area contributed by atoms with Crippen LogP contribution in [-0.2, 0) is 6.54 Å². The van der Waals surface area contributed by atoms with E-state index in [4.69, 9.17) is 9.47 Å². The Hall–Kier alpha value is -1.43. The third kappa shape index (κ3) is 3.43. The second-order valence-corrected chi connectivity index (χ2v) is 6.35. The normalized spacial score (nSPS) is 13.6. The number of ether oxygens (including phenoxy) is 2. The second kappa shape index (κ2) is 6.56. The van der Waals surface area contributed by atoms with E-state index in [9.17, 15) is 0 Å². The molecule has 2 aromatic carbocycles. The highest BCUT2D eigenvalue weighted by molar-refractivity contribution is 14.1. The van der Waals surface area contributed by atoms with Crippen LogP contribution in [0.1, 0.15) is 17.5 Å². The molecule has 0 aliphatic carbocycles. The molecular weight excluding hydrogens is 377 g/mol. The fraction of sp³-hybridized carbons (Fsp3) is 0.294. The zero-order valence-corrected chi connectivity index (χ0v) is 14.1. The van der Waals surface area contributed by atoms with Crippen molar-refractivity contribution in [3.63, 3.8) is 0 Å². The van der Waals surface area contributed by atoms with Crippen molar-refractivity contribution in [2.24, 2.45) is 0 Å². The minimum absolute atomic E-state index is 0.715. The average molecular weight is 395 g/mol. The third-order valence-electron chi connectivity index (χ3n) is 3.51. The lowest BCUT2D eigenvalue weighted by Gasteiger charge is -2.14. The third-order valence-corrected chi connectivity index (χ3v) is 4.18. The van der Waals surface area contributed by atoms with Gasteiger partial charge in [-0.2, -0.15) is 0 Å². The van der Waals surface area contributed by atoms with E-state index >= 15 is 0 Å². The maximum Gasteiger partial charge on any atom is 0.166 e. The first-order valence-electron chi connectivity index (χ1n) is 7.11. The Labute approximate surface area is 138 Å². The Morgan fingerprint density at radius 1 is 1.14 bits per heavy atom. The monoisotopic (exact) mass is 395 g/mol. The molecule has 1 heterocycles. The number of halogens is 1. The second-order valence-electron chi connectivity index (χ2n) is 5.11. The number of aryl methyl sites for hydroxylation is 1. The fourth-order valence-electron chi connectivity index (χ4n) is 2.41. The SMILES string of the molecule is Cc1cc(I)ccc1NCc1cccc2c1OCCCO2. The minimum atomic E-state index is 0.715. The predicted octanol–water partition coefficient (Wildman–Crippen LogP) is 4.37. The van der Waals surface area contributed by atoms with Gasteiger partial charge in [-0.1, -0.05) is 12.1 Å². The summed E-state index contributed by atoms with van der Waals surface area (Å²) in [6, 6.07) is 12.5. The molecule has 3 rings (SSSR count). The topological polar surface area (TPSA) is 30.5 Å². The van der Waals surface area contributed by atoms with Gasteiger partial charge in [-0.3, -0.25) is 0 Å². The average Bonchev–Trinajstić information content (AvgIpc) is 2.72. The summed E-state index contributed by atoms with van der Waals surface area (Å²) in [6.45, 7) is 4.29. The molecule has 0 radical (unpaired) electrons. The van der Waals surface area contributed by atoms with E-state index in [2.05, 4.69) is 59.1 Å². The summed E-state index contributed by atoms with van der Waals surface area (Å²) in [6.07, 6.45) is 0.928. The Balaban J connectivity index is 1.79. The standard InChI is InChI=1S/C17H18INO2/c1-12-10-14(18)6-7-15(12)19-11-13-4-2-5-16-17(13)21-9-3-8-20-16/h2,4-7,10,19H,3,8-9,11H2,1H3. The van der Waals surface area contributed by atoms with E-state index in [1.807, 2.05) is 12.1 Å². The molecule has 1 aliphatic rings. The number of hydrogen-bond acceptors (Lipinski definition) is 3. The van der Waals surface area contributed by atoms with Crippen molar-refractivity contribution in [1.29, 1.82) is 0 Å². The van der Waals surface area contributed by atoms with Gasteiger partial charge >= 0.3 is 0 Å². The number of para-hydroxylation sites is 1. The number of anilines is 1. The summed E-state index contributed by atoms with van der Waals surface area (Å²) in [4.78, 5) is 0. The molecule has 21 heavy (non-hydrogen) atoms. The van der Waals surface area contributed by atoms with E-state index in [-0.39, 0.29) is 0 Å². The minimum Gasteiger partial charge on any atom is -0.490 e. The van der Waals surface area contributed by atoms with E-state index in [1.165, 1.54) is 9.13 Å². The quantitative estimate of drug-likeness (QED) is 0.783. The van der Waals surface area contributed by atoms with Crippen molar-refractivity contribution in [3.8, 4) is 11.5 Å². The van der Waals surface area contributed by atoms with Crippen LogP contribution in [0.3, 0.4) is 0 Å². The largest absolute Gasteiger partial charge is 0.490 e. The van der Waals surface area contributed by atoms with Crippen molar-refractivity contribution in [1.82, 2.24) is 0 Å². The van der Waals surface area contributed by atoms with Crippen molar-refractivity contribution >= 4 is 28.3 Å². The van der Waals surface area contributed by atoms with E-state index in [0.29, 0.717) is 6.61 Å². The molecule has 2 aromatic rings. The summed E-state index contributed by atoms with van der Waals surface area (Å²) >= 11 is 2.33. The van der Waals surface area contributed by atoms with Crippen LogP contribution in [0.5, 0.6) is 11.5 Å². The fourth-order valence-corrected chi connectivity index (χ4v) is 3.06. The van der Waals surface area contributed by atoms with Gasteiger partial charge in [0.2, 0.25) is 0 Å². The molecule has 0 spiro atoms. The van der Waals surface area contributed by atoms with Crippen LogP contribution in [-0.4, -0.2) is 13.2 Å². The van der Waals surface area contributed by atoms with Crippen LogP contribution in [0.4, 0.5) is 5.69 Å². The molecule has 0 atom stereocenters. The molecule has 0 bridgehead atoms. The molecule has 0 aromatic heterocycles. The number of nitrogens with one attached hydrogen (secondary N) is 1. The smallest absolute Gasteiger partial charge is 0.166 e. The Morgan fingerprint density at radius 2 is 2.00 bits per heavy atom. The van der Waals surface area contributed by atoms with Crippen molar-refractivity contribution < 1.29 is 9.47 Å². The lowest BCUT2D eigenvalue weighted by Crippen LogP contribution is -2.04. The molecular formula is C17H18INO2. The summed E-state index contributed by atoms with van der Waals surface area (Å²) in [5.41, 5.74) is 3.54. The zero-order chi connectivity index (χ0) is 14.7. The molecule has 110 valence electrons.